The maximum absolute atomic E-state index is 5.01. The number of hydrogen-bond acceptors (Lipinski definition) is 3. The van der Waals surface area contributed by atoms with Gasteiger partial charge in [0.05, 0.1) is 6.61 Å². The van der Waals surface area contributed by atoms with E-state index in [4.69, 9.17) is 4.74 Å². The Balaban J connectivity index is 2.22. The van der Waals surface area contributed by atoms with Gasteiger partial charge in [0, 0.05) is 36.2 Å². The third kappa shape index (κ3) is 2.91. The Morgan fingerprint density at radius 3 is 3.00 bits per heavy atom. The Morgan fingerprint density at radius 2 is 2.28 bits per heavy atom. The summed E-state index contributed by atoms with van der Waals surface area (Å²) in [5, 5.41) is 3.24. The molecule has 0 amide bonds. The maximum Gasteiger partial charge on any atom is 0.207 e. The lowest BCUT2D eigenvalue weighted by atomic mass is 10.2. The average Bonchev–Trinajstić information content (AvgIpc) is 2.81. The summed E-state index contributed by atoms with van der Waals surface area (Å²) in [5.74, 6) is 0.822. The second kappa shape index (κ2) is 6.02. The van der Waals surface area contributed by atoms with Gasteiger partial charge in [0.2, 0.25) is 5.95 Å². The molecule has 0 aliphatic rings. The van der Waals surface area contributed by atoms with Crippen LogP contribution in [0.2, 0.25) is 0 Å². The van der Waals surface area contributed by atoms with Gasteiger partial charge in [-0.05, 0) is 24.6 Å². The molecule has 2 aromatic rings. The lowest BCUT2D eigenvalue weighted by molar-refractivity contribution is 0.210. The van der Waals surface area contributed by atoms with Gasteiger partial charge in [-0.2, -0.15) is 0 Å². The molecule has 18 heavy (non-hydrogen) atoms. The van der Waals surface area contributed by atoms with Crippen LogP contribution in [0.15, 0.2) is 35.1 Å². The molecule has 0 aliphatic heterocycles. The lowest BCUT2D eigenvalue weighted by Crippen LogP contribution is -2.11. The van der Waals surface area contributed by atoms with Crippen molar-refractivity contribution in [3.05, 3.63) is 40.6 Å². The molecule has 2 rings (SSSR count). The zero-order valence-corrected chi connectivity index (χ0v) is 12.1. The molecule has 1 aromatic heterocycles. The fraction of sp³-hybridized carbons (Fsp3) is 0.308. The Kier molecular flexibility index (Phi) is 4.38. The van der Waals surface area contributed by atoms with Gasteiger partial charge >= 0.3 is 0 Å². The molecule has 0 unspecified atom stereocenters. The summed E-state index contributed by atoms with van der Waals surface area (Å²) in [6, 6.07) is 6.24. The summed E-state index contributed by atoms with van der Waals surface area (Å²) < 4.78 is 8.12. The number of nitrogens with one attached hydrogen (secondary N) is 1. The van der Waals surface area contributed by atoms with Gasteiger partial charge in [-0.3, -0.25) is 4.57 Å². The highest BCUT2D eigenvalue weighted by Crippen LogP contribution is 2.22. The fourth-order valence-electron chi connectivity index (χ4n) is 1.64. The third-order valence-electron chi connectivity index (χ3n) is 2.66. The summed E-state index contributed by atoms with van der Waals surface area (Å²) in [5.41, 5.74) is 2.29. The molecule has 0 atom stereocenters. The summed E-state index contributed by atoms with van der Waals surface area (Å²) in [6.45, 7) is 3.46. The Bertz CT molecular complexity index is 525. The number of aryl methyl sites for hydroxylation is 1. The minimum atomic E-state index is 0.657. The number of nitrogens with zero attached hydrogens (tertiary/aromatic N) is 2. The molecule has 0 spiro atoms. The number of imidazole rings is 1. The molecule has 1 N–H and O–H groups in total. The van der Waals surface area contributed by atoms with Crippen molar-refractivity contribution in [2.75, 3.05) is 25.6 Å². The van der Waals surface area contributed by atoms with Crippen LogP contribution in [0.1, 0.15) is 5.56 Å². The van der Waals surface area contributed by atoms with Gasteiger partial charge in [-0.15, -0.1) is 0 Å². The minimum Gasteiger partial charge on any atom is -0.383 e. The first-order valence-electron chi connectivity index (χ1n) is 5.75. The predicted octanol–water partition coefficient (Wildman–Crippen LogP) is 3.00. The van der Waals surface area contributed by atoms with Gasteiger partial charge in [0.15, 0.2) is 0 Å². The second-order valence-corrected chi connectivity index (χ2v) is 4.83. The molecule has 1 heterocycles. The van der Waals surface area contributed by atoms with Gasteiger partial charge in [0.1, 0.15) is 0 Å². The first kappa shape index (κ1) is 13.1. The molecule has 0 aliphatic carbocycles. The van der Waals surface area contributed by atoms with Crippen LogP contribution in [0, 0.1) is 6.92 Å². The van der Waals surface area contributed by atoms with E-state index in [1.165, 1.54) is 5.56 Å². The van der Waals surface area contributed by atoms with Crippen molar-refractivity contribution in [1.29, 1.82) is 0 Å². The quantitative estimate of drug-likeness (QED) is 0.863. The highest BCUT2D eigenvalue weighted by Gasteiger charge is 2.05. The number of benzene rings is 1. The lowest BCUT2D eigenvalue weighted by Gasteiger charge is -2.10. The summed E-state index contributed by atoms with van der Waals surface area (Å²) in [7, 11) is 1.69. The monoisotopic (exact) mass is 309 g/mol. The van der Waals surface area contributed by atoms with Gasteiger partial charge in [-0.1, -0.05) is 22.0 Å². The number of hydrogen-bond donors (Lipinski definition) is 1. The molecule has 4 nitrogen and oxygen atoms in total. The summed E-state index contributed by atoms with van der Waals surface area (Å²) >= 11 is 3.55. The van der Waals surface area contributed by atoms with Crippen molar-refractivity contribution in [2.24, 2.45) is 0 Å². The van der Waals surface area contributed by atoms with Crippen molar-refractivity contribution in [2.45, 2.75) is 6.92 Å². The Labute approximate surface area is 115 Å². The van der Waals surface area contributed by atoms with E-state index in [1.54, 1.807) is 13.3 Å². The zero-order chi connectivity index (χ0) is 13.0. The molecule has 0 radical (unpaired) electrons. The molecule has 0 bridgehead atoms. The normalized spacial score (nSPS) is 10.6. The Morgan fingerprint density at radius 1 is 1.44 bits per heavy atom. The average molecular weight is 310 g/mol. The highest BCUT2D eigenvalue weighted by atomic mass is 79.9. The van der Waals surface area contributed by atoms with E-state index in [-0.39, 0.29) is 0 Å². The smallest absolute Gasteiger partial charge is 0.207 e. The van der Waals surface area contributed by atoms with Crippen LogP contribution in [-0.2, 0) is 4.74 Å². The van der Waals surface area contributed by atoms with Gasteiger partial charge in [0.25, 0.3) is 0 Å². The predicted molar refractivity (Wildman–Crippen MR) is 76.4 cm³/mol. The van der Waals surface area contributed by atoms with E-state index in [0.29, 0.717) is 6.61 Å². The van der Waals surface area contributed by atoms with Crippen molar-refractivity contribution >= 4 is 21.9 Å². The molecule has 0 saturated heterocycles. The van der Waals surface area contributed by atoms with E-state index in [2.05, 4.69) is 51.4 Å². The van der Waals surface area contributed by atoms with Crippen molar-refractivity contribution in [1.82, 2.24) is 9.55 Å². The molecule has 0 saturated carbocycles. The number of ether oxygens (including phenoxy) is 1. The molecule has 0 fully saturated rings. The third-order valence-corrected chi connectivity index (χ3v) is 3.52. The number of methoxy groups -OCH3 is 1. The highest BCUT2D eigenvalue weighted by molar-refractivity contribution is 9.10. The van der Waals surface area contributed by atoms with Crippen molar-refractivity contribution in [3.63, 3.8) is 0 Å². The summed E-state index contributed by atoms with van der Waals surface area (Å²) in [6.07, 6.45) is 3.72. The zero-order valence-electron chi connectivity index (χ0n) is 10.5. The number of aromatic nitrogens is 2. The Hall–Kier alpha value is -1.33. The van der Waals surface area contributed by atoms with Crippen LogP contribution in [0.25, 0.3) is 5.69 Å². The van der Waals surface area contributed by atoms with Crippen LogP contribution in [0.3, 0.4) is 0 Å². The first-order valence-corrected chi connectivity index (χ1v) is 6.54. The number of halogens is 1. The van der Waals surface area contributed by atoms with E-state index in [9.17, 15) is 0 Å². The van der Waals surface area contributed by atoms with Crippen LogP contribution in [0.5, 0.6) is 0 Å². The molecule has 96 valence electrons. The van der Waals surface area contributed by atoms with E-state index in [0.717, 1.165) is 22.7 Å². The van der Waals surface area contributed by atoms with E-state index >= 15 is 0 Å². The topological polar surface area (TPSA) is 39.1 Å². The van der Waals surface area contributed by atoms with E-state index < -0.39 is 0 Å². The van der Waals surface area contributed by atoms with Crippen LogP contribution in [0.4, 0.5) is 5.95 Å². The van der Waals surface area contributed by atoms with Crippen molar-refractivity contribution < 1.29 is 4.74 Å². The maximum atomic E-state index is 5.01. The summed E-state index contributed by atoms with van der Waals surface area (Å²) in [4.78, 5) is 4.30. The van der Waals surface area contributed by atoms with Crippen LogP contribution >= 0.6 is 15.9 Å². The fourth-order valence-corrected chi connectivity index (χ4v) is 2.01. The molecular formula is C13H16BrN3O. The molecule has 5 heteroatoms. The SMILES string of the molecule is COCCNc1nccn1-c1ccc(C)c(Br)c1. The van der Waals surface area contributed by atoms with Crippen molar-refractivity contribution in [3.8, 4) is 5.69 Å². The number of anilines is 1. The number of rotatable bonds is 5. The molecule has 1 aromatic carbocycles. The molecular weight excluding hydrogens is 294 g/mol. The largest absolute Gasteiger partial charge is 0.383 e. The van der Waals surface area contributed by atoms with E-state index in [1.807, 2.05) is 10.8 Å². The van der Waals surface area contributed by atoms with Crippen LogP contribution in [-0.4, -0.2) is 29.8 Å². The minimum absolute atomic E-state index is 0.657. The van der Waals surface area contributed by atoms with Gasteiger partial charge in [-0.25, -0.2) is 4.98 Å². The van der Waals surface area contributed by atoms with Gasteiger partial charge < -0.3 is 10.1 Å². The first-order chi connectivity index (χ1) is 8.72. The second-order valence-electron chi connectivity index (χ2n) is 3.97. The van der Waals surface area contributed by atoms with Crippen LogP contribution < -0.4 is 5.32 Å². The standard InChI is InChI=1S/C13H16BrN3O/c1-10-3-4-11(9-12(10)14)17-7-5-15-13(17)16-6-8-18-2/h3-5,7,9H,6,8H2,1-2H3,(H,15,16).